The van der Waals surface area contributed by atoms with Gasteiger partial charge in [-0.2, -0.15) is 5.10 Å². The van der Waals surface area contributed by atoms with Crippen molar-refractivity contribution in [2.75, 3.05) is 5.73 Å². The summed E-state index contributed by atoms with van der Waals surface area (Å²) >= 11 is 0. The lowest BCUT2D eigenvalue weighted by Gasteiger charge is -2.07. The highest BCUT2D eigenvalue weighted by Crippen LogP contribution is 2.17. The number of nitrogen functional groups attached to an aromatic ring is 1. The van der Waals surface area contributed by atoms with Crippen molar-refractivity contribution < 1.29 is 13.6 Å². The minimum absolute atomic E-state index is 0.0972. The summed E-state index contributed by atoms with van der Waals surface area (Å²) in [6.07, 6.45) is 1.57. The topological polar surface area (TPSA) is 83.8 Å². The van der Waals surface area contributed by atoms with Crippen LogP contribution in [-0.2, 0) is 6.54 Å². The Morgan fingerprint density at radius 1 is 1.42 bits per heavy atom. The van der Waals surface area contributed by atoms with Crippen LogP contribution >= 0.6 is 0 Å². The van der Waals surface area contributed by atoms with E-state index in [0.717, 1.165) is 23.4 Å². The van der Waals surface area contributed by atoms with Crippen LogP contribution in [0.25, 0.3) is 0 Å². The predicted octanol–water partition coefficient (Wildman–Crippen LogP) is 1.51. The minimum Gasteiger partial charge on any atom is -0.398 e. The molecule has 0 fully saturated rings. The third-order valence-electron chi connectivity index (χ3n) is 2.71. The van der Waals surface area contributed by atoms with Crippen LogP contribution in [-0.4, -0.2) is 16.1 Å². The number of aromatic nitrogens is 2. The molecule has 0 aliphatic heterocycles. The fraction of sp³-hybridized carbons (Fsp3) is 0.167. The van der Waals surface area contributed by atoms with Crippen molar-refractivity contribution in [3.63, 3.8) is 0 Å². The summed E-state index contributed by atoms with van der Waals surface area (Å²) in [6, 6.07) is 1.57. The van der Waals surface area contributed by atoms with Crippen LogP contribution in [0.1, 0.15) is 21.6 Å². The lowest BCUT2D eigenvalue weighted by molar-refractivity contribution is 0.0951. The molecule has 0 saturated carbocycles. The third-order valence-corrected chi connectivity index (χ3v) is 2.71. The van der Waals surface area contributed by atoms with Gasteiger partial charge in [0.05, 0.1) is 11.8 Å². The van der Waals surface area contributed by atoms with E-state index in [1.807, 2.05) is 0 Å². The molecule has 5 nitrogen and oxygen atoms in total. The van der Waals surface area contributed by atoms with E-state index in [1.165, 1.54) is 0 Å². The van der Waals surface area contributed by atoms with E-state index in [9.17, 15) is 13.6 Å². The number of H-pyrrole nitrogens is 1. The molecule has 0 bridgehead atoms. The Kier molecular flexibility index (Phi) is 3.46. The molecule has 7 heteroatoms. The van der Waals surface area contributed by atoms with Crippen molar-refractivity contribution in [3.05, 3.63) is 46.8 Å². The van der Waals surface area contributed by atoms with Crippen molar-refractivity contribution >= 4 is 11.6 Å². The molecule has 1 aromatic carbocycles. The smallest absolute Gasteiger partial charge is 0.253 e. The van der Waals surface area contributed by atoms with E-state index in [2.05, 4.69) is 15.5 Å². The Morgan fingerprint density at radius 2 is 2.11 bits per heavy atom. The number of hydrogen-bond acceptors (Lipinski definition) is 3. The number of amides is 1. The van der Waals surface area contributed by atoms with Gasteiger partial charge in [-0.25, -0.2) is 8.78 Å². The number of halogens is 2. The van der Waals surface area contributed by atoms with Gasteiger partial charge in [0.15, 0.2) is 11.6 Å². The van der Waals surface area contributed by atoms with E-state index in [4.69, 9.17) is 5.73 Å². The molecule has 2 rings (SSSR count). The number of benzene rings is 1. The number of nitrogens with one attached hydrogen (secondary N) is 2. The largest absolute Gasteiger partial charge is 0.398 e. The van der Waals surface area contributed by atoms with Crippen molar-refractivity contribution in [2.45, 2.75) is 13.5 Å². The number of aromatic amines is 1. The lowest BCUT2D eigenvalue weighted by atomic mass is 10.1. The number of carbonyl (C=O) groups excluding carboxylic acids is 1. The van der Waals surface area contributed by atoms with Gasteiger partial charge >= 0.3 is 0 Å². The summed E-state index contributed by atoms with van der Waals surface area (Å²) in [4.78, 5) is 11.8. The summed E-state index contributed by atoms with van der Waals surface area (Å²) in [5.74, 6) is -2.77. The first-order chi connectivity index (χ1) is 8.99. The molecule has 0 aliphatic rings. The number of aryl methyl sites for hydroxylation is 1. The van der Waals surface area contributed by atoms with Crippen molar-refractivity contribution in [1.82, 2.24) is 15.5 Å². The molecule has 0 saturated heterocycles. The van der Waals surface area contributed by atoms with Crippen LogP contribution in [0.3, 0.4) is 0 Å². The van der Waals surface area contributed by atoms with Gasteiger partial charge in [-0.1, -0.05) is 0 Å². The molecule has 0 unspecified atom stereocenters. The molecular formula is C12H12F2N4O. The summed E-state index contributed by atoms with van der Waals surface area (Å²) in [6.45, 7) is 2.03. The second-order valence-corrected chi connectivity index (χ2v) is 4.06. The van der Waals surface area contributed by atoms with Crippen LogP contribution in [0.5, 0.6) is 0 Å². The van der Waals surface area contributed by atoms with Crippen LogP contribution in [0.2, 0.25) is 0 Å². The number of hydrogen-bond donors (Lipinski definition) is 3. The molecule has 2 aromatic rings. The van der Waals surface area contributed by atoms with Gasteiger partial charge < -0.3 is 11.1 Å². The second-order valence-electron chi connectivity index (χ2n) is 4.06. The van der Waals surface area contributed by atoms with Crippen LogP contribution in [0, 0.1) is 18.6 Å². The summed E-state index contributed by atoms with van der Waals surface area (Å²) < 4.78 is 26.0. The van der Waals surface area contributed by atoms with Crippen molar-refractivity contribution in [1.29, 1.82) is 0 Å². The van der Waals surface area contributed by atoms with Gasteiger partial charge in [0.25, 0.3) is 5.91 Å². The molecule has 0 radical (unpaired) electrons. The summed E-state index contributed by atoms with van der Waals surface area (Å²) in [5.41, 5.74) is 6.89. The maximum Gasteiger partial charge on any atom is 0.253 e. The van der Waals surface area contributed by atoms with E-state index in [0.29, 0.717) is 0 Å². The Balaban J connectivity index is 2.12. The first kappa shape index (κ1) is 13.0. The van der Waals surface area contributed by atoms with E-state index in [-0.39, 0.29) is 17.8 Å². The van der Waals surface area contributed by atoms with Crippen LogP contribution < -0.4 is 11.1 Å². The van der Waals surface area contributed by atoms with Crippen molar-refractivity contribution in [3.8, 4) is 0 Å². The monoisotopic (exact) mass is 266 g/mol. The van der Waals surface area contributed by atoms with Crippen LogP contribution in [0.15, 0.2) is 18.3 Å². The molecule has 1 amide bonds. The molecular weight excluding hydrogens is 254 g/mol. The molecule has 19 heavy (non-hydrogen) atoms. The van der Waals surface area contributed by atoms with Gasteiger partial charge in [0.2, 0.25) is 0 Å². The van der Waals surface area contributed by atoms with Gasteiger partial charge in [-0.3, -0.25) is 9.89 Å². The summed E-state index contributed by atoms with van der Waals surface area (Å²) in [7, 11) is 0. The highest BCUT2D eigenvalue weighted by Gasteiger charge is 2.14. The van der Waals surface area contributed by atoms with Crippen LogP contribution in [0.4, 0.5) is 14.5 Å². The van der Waals surface area contributed by atoms with Gasteiger partial charge in [0, 0.05) is 29.6 Å². The number of rotatable bonds is 3. The van der Waals surface area contributed by atoms with E-state index in [1.54, 1.807) is 13.1 Å². The maximum atomic E-state index is 13.1. The fourth-order valence-electron chi connectivity index (χ4n) is 1.58. The average Bonchev–Trinajstić information content (AvgIpc) is 2.76. The first-order valence-electron chi connectivity index (χ1n) is 5.50. The fourth-order valence-corrected chi connectivity index (χ4v) is 1.58. The molecule has 0 atom stereocenters. The molecule has 1 heterocycles. The number of nitrogens with two attached hydrogens (primary N) is 1. The SMILES string of the molecule is Cc1[nH]ncc1CNC(=O)c1cc(F)c(F)cc1N. The average molecular weight is 266 g/mol. The predicted molar refractivity (Wildman–Crippen MR) is 65.3 cm³/mol. The Labute approximate surface area is 107 Å². The zero-order valence-corrected chi connectivity index (χ0v) is 10.1. The molecule has 4 N–H and O–H groups in total. The normalized spacial score (nSPS) is 10.5. The molecule has 1 aromatic heterocycles. The molecule has 0 spiro atoms. The highest BCUT2D eigenvalue weighted by molar-refractivity contribution is 5.99. The quantitative estimate of drug-likeness (QED) is 0.736. The standard InChI is InChI=1S/C12H12F2N4O/c1-6-7(5-17-18-6)4-16-12(19)8-2-9(13)10(14)3-11(8)15/h2-3,5H,4,15H2,1H3,(H,16,19)(H,17,18). The number of anilines is 1. The van der Waals surface area contributed by atoms with E-state index >= 15 is 0 Å². The first-order valence-corrected chi connectivity index (χ1v) is 5.50. The third kappa shape index (κ3) is 2.70. The van der Waals surface area contributed by atoms with Gasteiger partial charge in [-0.05, 0) is 13.0 Å². The Morgan fingerprint density at radius 3 is 2.74 bits per heavy atom. The highest BCUT2D eigenvalue weighted by atomic mass is 19.2. The lowest BCUT2D eigenvalue weighted by Crippen LogP contribution is -2.24. The molecule has 0 aliphatic carbocycles. The minimum atomic E-state index is -1.11. The summed E-state index contributed by atoms with van der Waals surface area (Å²) in [5, 5.41) is 9.09. The van der Waals surface area contributed by atoms with Gasteiger partial charge in [-0.15, -0.1) is 0 Å². The zero-order valence-electron chi connectivity index (χ0n) is 10.1. The number of carbonyl (C=O) groups is 1. The molecule has 100 valence electrons. The number of nitrogens with zero attached hydrogens (tertiary/aromatic N) is 1. The van der Waals surface area contributed by atoms with Crippen molar-refractivity contribution in [2.24, 2.45) is 0 Å². The Hall–Kier alpha value is -2.44. The zero-order chi connectivity index (χ0) is 14.0. The van der Waals surface area contributed by atoms with Gasteiger partial charge in [0.1, 0.15) is 0 Å². The van der Waals surface area contributed by atoms with E-state index < -0.39 is 17.5 Å². The second kappa shape index (κ2) is 5.05. The maximum absolute atomic E-state index is 13.1. The Bertz CT molecular complexity index is 624.